The summed E-state index contributed by atoms with van der Waals surface area (Å²) in [6, 6.07) is 18.1. The van der Waals surface area contributed by atoms with Crippen LogP contribution < -0.4 is 9.84 Å². The van der Waals surface area contributed by atoms with Crippen LogP contribution in [-0.4, -0.2) is 0 Å². The van der Waals surface area contributed by atoms with Gasteiger partial charge < -0.3 is 0 Å². The van der Waals surface area contributed by atoms with E-state index in [1.54, 1.807) is 11.9 Å². The SMILES string of the molecule is CCCCCCCCc1ccc(N2NC=C(c3ccc(CCCCC)cc3)S2)cc1. The molecule has 0 saturated heterocycles. The number of anilines is 1. The summed E-state index contributed by atoms with van der Waals surface area (Å²) in [5.74, 6) is 0. The fourth-order valence-electron chi connectivity index (χ4n) is 3.85. The first-order valence-corrected chi connectivity index (χ1v) is 12.7. The summed E-state index contributed by atoms with van der Waals surface area (Å²) < 4.78 is 2.15. The molecule has 0 radical (unpaired) electrons. The van der Waals surface area contributed by atoms with Crippen molar-refractivity contribution in [3.63, 3.8) is 0 Å². The summed E-state index contributed by atoms with van der Waals surface area (Å²) in [6.07, 6.45) is 16.5. The van der Waals surface area contributed by atoms with Crippen molar-refractivity contribution in [1.29, 1.82) is 0 Å². The molecule has 3 rings (SSSR count). The molecule has 0 spiro atoms. The summed E-state index contributed by atoms with van der Waals surface area (Å²) in [7, 11) is 0. The molecular weight excluding hydrogens is 384 g/mol. The van der Waals surface area contributed by atoms with Crippen molar-refractivity contribution in [3.8, 4) is 0 Å². The molecule has 0 fully saturated rings. The van der Waals surface area contributed by atoms with E-state index < -0.39 is 0 Å². The maximum Gasteiger partial charge on any atom is 0.0704 e. The van der Waals surface area contributed by atoms with Crippen LogP contribution >= 0.6 is 11.9 Å². The highest BCUT2D eigenvalue weighted by molar-refractivity contribution is 8.09. The van der Waals surface area contributed by atoms with E-state index >= 15 is 0 Å². The van der Waals surface area contributed by atoms with Crippen LogP contribution in [0.5, 0.6) is 0 Å². The van der Waals surface area contributed by atoms with Crippen LogP contribution in [0.3, 0.4) is 0 Å². The summed E-state index contributed by atoms with van der Waals surface area (Å²) in [6.45, 7) is 4.54. The lowest BCUT2D eigenvalue weighted by atomic mass is 10.0. The van der Waals surface area contributed by atoms with Gasteiger partial charge in [0, 0.05) is 18.1 Å². The van der Waals surface area contributed by atoms with E-state index in [2.05, 4.69) is 78.4 Å². The Labute approximate surface area is 188 Å². The largest absolute Gasteiger partial charge is 0.294 e. The third kappa shape index (κ3) is 7.12. The molecule has 2 aromatic rings. The topological polar surface area (TPSA) is 15.3 Å². The van der Waals surface area contributed by atoms with Gasteiger partial charge in [-0.3, -0.25) is 5.43 Å². The molecule has 2 nitrogen and oxygen atoms in total. The van der Waals surface area contributed by atoms with Crippen molar-refractivity contribution in [2.75, 3.05) is 4.41 Å². The van der Waals surface area contributed by atoms with Crippen LogP contribution in [0.1, 0.15) is 88.3 Å². The van der Waals surface area contributed by atoms with Gasteiger partial charge in [0.1, 0.15) is 0 Å². The molecule has 1 heterocycles. The van der Waals surface area contributed by atoms with E-state index in [9.17, 15) is 0 Å². The third-order valence-corrected chi connectivity index (χ3v) is 6.85. The van der Waals surface area contributed by atoms with E-state index in [0.717, 1.165) is 0 Å². The number of hydrogen-bond donors (Lipinski definition) is 1. The predicted octanol–water partition coefficient (Wildman–Crippen LogP) is 8.29. The second-order valence-electron chi connectivity index (χ2n) is 8.36. The Hall–Kier alpha value is -1.87. The maximum absolute atomic E-state index is 3.40. The average molecular weight is 423 g/mol. The minimum atomic E-state index is 1.19. The smallest absolute Gasteiger partial charge is 0.0704 e. The van der Waals surface area contributed by atoms with E-state index in [-0.39, 0.29) is 0 Å². The van der Waals surface area contributed by atoms with Crippen molar-refractivity contribution < 1.29 is 0 Å². The minimum absolute atomic E-state index is 1.19. The molecule has 1 aliphatic heterocycles. The van der Waals surface area contributed by atoms with Gasteiger partial charge in [0.15, 0.2) is 0 Å². The number of hydrazine groups is 1. The number of unbranched alkanes of at least 4 members (excludes halogenated alkanes) is 7. The lowest BCUT2D eigenvalue weighted by Gasteiger charge is -2.17. The molecule has 162 valence electrons. The molecular formula is C27H38N2S. The number of benzene rings is 2. The molecule has 0 saturated carbocycles. The van der Waals surface area contributed by atoms with E-state index in [0.29, 0.717) is 0 Å². The Morgan fingerprint density at radius 2 is 1.20 bits per heavy atom. The standard InChI is InChI=1S/C27H38N2S/c1-3-5-7-8-9-11-13-24-16-20-26(21-17-24)29-28-22-27(30-29)25-18-14-23(15-19-25)12-10-6-4-2/h14-22,28H,3-13H2,1-2H3. The van der Waals surface area contributed by atoms with Crippen LogP contribution in [0.25, 0.3) is 4.91 Å². The van der Waals surface area contributed by atoms with Gasteiger partial charge in [-0.2, -0.15) is 0 Å². The molecule has 0 aromatic heterocycles. The molecule has 1 aliphatic rings. The second kappa shape index (κ2) is 12.7. The highest BCUT2D eigenvalue weighted by atomic mass is 32.2. The molecule has 0 amide bonds. The first kappa shape index (κ1) is 22.8. The monoisotopic (exact) mass is 422 g/mol. The molecule has 0 atom stereocenters. The van der Waals surface area contributed by atoms with E-state index in [1.807, 2.05) is 0 Å². The van der Waals surface area contributed by atoms with E-state index in [4.69, 9.17) is 0 Å². The van der Waals surface area contributed by atoms with Gasteiger partial charge in [0.25, 0.3) is 0 Å². The highest BCUT2D eigenvalue weighted by Gasteiger charge is 2.17. The van der Waals surface area contributed by atoms with Crippen molar-refractivity contribution in [2.45, 2.75) is 84.5 Å². The lowest BCUT2D eigenvalue weighted by Crippen LogP contribution is -2.22. The van der Waals surface area contributed by atoms with Crippen molar-refractivity contribution >= 4 is 22.5 Å². The zero-order chi connectivity index (χ0) is 21.0. The quantitative estimate of drug-likeness (QED) is 0.258. The van der Waals surface area contributed by atoms with Gasteiger partial charge in [-0.1, -0.05) is 95.2 Å². The third-order valence-electron chi connectivity index (χ3n) is 5.80. The molecule has 3 heteroatoms. The van der Waals surface area contributed by atoms with Crippen molar-refractivity contribution in [3.05, 3.63) is 71.4 Å². The predicted molar refractivity (Wildman–Crippen MR) is 134 cm³/mol. The van der Waals surface area contributed by atoms with Gasteiger partial charge in [-0.25, -0.2) is 4.41 Å². The second-order valence-corrected chi connectivity index (χ2v) is 9.35. The van der Waals surface area contributed by atoms with Crippen LogP contribution in [0.15, 0.2) is 54.7 Å². The zero-order valence-electron chi connectivity index (χ0n) is 18.8. The average Bonchev–Trinajstić information content (AvgIpc) is 3.27. The van der Waals surface area contributed by atoms with Gasteiger partial charge >= 0.3 is 0 Å². The zero-order valence-corrected chi connectivity index (χ0v) is 19.6. The maximum atomic E-state index is 3.40. The van der Waals surface area contributed by atoms with Gasteiger partial charge in [0.05, 0.1) is 10.6 Å². The summed E-state index contributed by atoms with van der Waals surface area (Å²) in [4.78, 5) is 1.27. The first-order valence-electron chi connectivity index (χ1n) is 11.9. The van der Waals surface area contributed by atoms with Gasteiger partial charge in [-0.15, -0.1) is 0 Å². The molecule has 0 bridgehead atoms. The normalized spacial score (nSPS) is 13.4. The Balaban J connectivity index is 1.44. The van der Waals surface area contributed by atoms with Crippen LogP contribution in [-0.2, 0) is 12.8 Å². The molecule has 1 N–H and O–H groups in total. The fourth-order valence-corrected chi connectivity index (χ4v) is 4.73. The van der Waals surface area contributed by atoms with Crippen molar-refractivity contribution in [2.24, 2.45) is 0 Å². The fraction of sp³-hybridized carbons (Fsp3) is 0.481. The summed E-state index contributed by atoms with van der Waals surface area (Å²) in [5, 5.41) is 0. The summed E-state index contributed by atoms with van der Waals surface area (Å²) in [5.41, 5.74) is 8.79. The number of nitrogens with one attached hydrogen (secondary N) is 1. The molecule has 0 unspecified atom stereocenters. The highest BCUT2D eigenvalue weighted by Crippen LogP contribution is 2.36. The molecule has 2 aromatic carbocycles. The number of nitrogens with zero attached hydrogens (tertiary/aromatic N) is 1. The Kier molecular flexibility index (Phi) is 9.69. The van der Waals surface area contributed by atoms with Crippen molar-refractivity contribution in [1.82, 2.24) is 5.43 Å². The summed E-state index contributed by atoms with van der Waals surface area (Å²) >= 11 is 1.76. The number of aryl methyl sites for hydroxylation is 2. The number of rotatable bonds is 13. The van der Waals surface area contributed by atoms with Crippen LogP contribution in [0, 0.1) is 0 Å². The van der Waals surface area contributed by atoms with Gasteiger partial charge in [0.2, 0.25) is 0 Å². The first-order chi connectivity index (χ1) is 14.8. The van der Waals surface area contributed by atoms with Crippen LogP contribution in [0.2, 0.25) is 0 Å². The van der Waals surface area contributed by atoms with E-state index in [1.165, 1.54) is 97.9 Å². The molecule has 0 aliphatic carbocycles. The lowest BCUT2D eigenvalue weighted by molar-refractivity contribution is 0.607. The minimum Gasteiger partial charge on any atom is -0.294 e. The Morgan fingerprint density at radius 3 is 1.87 bits per heavy atom. The number of hydrogen-bond acceptors (Lipinski definition) is 3. The van der Waals surface area contributed by atoms with Crippen LogP contribution in [0.4, 0.5) is 5.69 Å². The van der Waals surface area contributed by atoms with Gasteiger partial charge in [-0.05, 0) is 54.5 Å². The Bertz CT molecular complexity index is 764. The Morgan fingerprint density at radius 1 is 0.667 bits per heavy atom. The molecule has 30 heavy (non-hydrogen) atoms.